The summed E-state index contributed by atoms with van der Waals surface area (Å²) in [6, 6.07) is 15.3. The first-order valence-corrected chi connectivity index (χ1v) is 10.1. The number of nitrogens with one attached hydrogen (secondary N) is 1. The zero-order valence-corrected chi connectivity index (χ0v) is 17.3. The monoisotopic (exact) mass is 486 g/mol. The average molecular weight is 486 g/mol. The van der Waals surface area contributed by atoms with E-state index in [1.54, 1.807) is 12.4 Å². The van der Waals surface area contributed by atoms with Crippen LogP contribution in [0.3, 0.4) is 0 Å². The fourth-order valence-corrected chi connectivity index (χ4v) is 3.63. The summed E-state index contributed by atoms with van der Waals surface area (Å²) in [4.78, 5) is 20.7. The molecule has 1 aliphatic heterocycles. The number of pyridine rings is 1. The first kappa shape index (κ1) is 18.6. The van der Waals surface area contributed by atoms with Crippen molar-refractivity contribution in [2.24, 2.45) is 0 Å². The van der Waals surface area contributed by atoms with Crippen LogP contribution in [0.25, 0.3) is 0 Å². The van der Waals surface area contributed by atoms with Gasteiger partial charge in [-0.2, -0.15) is 0 Å². The van der Waals surface area contributed by atoms with Crippen molar-refractivity contribution in [2.45, 2.75) is 0 Å². The summed E-state index contributed by atoms with van der Waals surface area (Å²) in [5, 5.41) is 11.8. The lowest BCUT2D eigenvalue weighted by Gasteiger charge is -2.35. The topological polar surface area (TPSA) is 74.2 Å². The van der Waals surface area contributed by atoms with Gasteiger partial charge in [0.2, 0.25) is 0 Å². The zero-order valence-electron chi connectivity index (χ0n) is 15.1. The molecule has 1 aromatic carbocycles. The second-order valence-corrected chi connectivity index (χ2v) is 7.67. The average Bonchev–Trinajstić information content (AvgIpc) is 2.75. The van der Waals surface area contributed by atoms with E-state index in [1.165, 1.54) is 0 Å². The molecule has 0 radical (unpaired) electrons. The molecule has 0 bridgehead atoms. The van der Waals surface area contributed by atoms with E-state index in [0.29, 0.717) is 18.9 Å². The number of hydrogen-bond acceptors (Lipinski definition) is 6. The van der Waals surface area contributed by atoms with Gasteiger partial charge in [-0.05, 0) is 65.1 Å². The van der Waals surface area contributed by atoms with Crippen molar-refractivity contribution in [3.63, 3.8) is 0 Å². The molecule has 0 aliphatic carbocycles. The largest absolute Gasteiger partial charge is 0.352 e. The number of piperazine rings is 1. The molecule has 1 saturated heterocycles. The van der Waals surface area contributed by atoms with Crippen LogP contribution < -0.4 is 10.2 Å². The molecule has 142 valence electrons. The number of rotatable bonds is 4. The Labute approximate surface area is 176 Å². The summed E-state index contributed by atoms with van der Waals surface area (Å²) in [6.07, 6.45) is 3.45. The maximum absolute atomic E-state index is 12.7. The molecule has 1 fully saturated rings. The molecular formula is C20H19IN6O. The number of benzene rings is 1. The van der Waals surface area contributed by atoms with Crippen LogP contribution in [0.15, 0.2) is 60.9 Å². The highest BCUT2D eigenvalue weighted by molar-refractivity contribution is 14.1. The van der Waals surface area contributed by atoms with Crippen molar-refractivity contribution in [3.05, 3.63) is 70.1 Å². The SMILES string of the molecule is O=C(c1cccc(I)c1)N1CCN(c2ccc(Nc3ccncc3)nn2)CC1. The Kier molecular flexibility index (Phi) is 5.65. The van der Waals surface area contributed by atoms with E-state index in [0.717, 1.165) is 33.7 Å². The minimum absolute atomic E-state index is 0.0844. The third-order valence-electron chi connectivity index (χ3n) is 4.57. The Balaban J connectivity index is 1.35. The van der Waals surface area contributed by atoms with Gasteiger partial charge in [-0.25, -0.2) is 0 Å². The Morgan fingerprint density at radius 3 is 2.43 bits per heavy atom. The maximum Gasteiger partial charge on any atom is 0.254 e. The predicted molar refractivity (Wildman–Crippen MR) is 117 cm³/mol. The van der Waals surface area contributed by atoms with E-state index in [2.05, 4.69) is 48.0 Å². The van der Waals surface area contributed by atoms with Crippen LogP contribution in [0.2, 0.25) is 0 Å². The second kappa shape index (κ2) is 8.51. The standard InChI is InChI=1S/C20H19IN6O/c21-16-3-1-2-15(14-16)20(28)27-12-10-26(11-13-27)19-5-4-18(24-25-19)23-17-6-8-22-9-7-17/h1-9,14H,10-13H2,(H,22,23,24). The molecule has 1 N–H and O–H groups in total. The quantitative estimate of drug-likeness (QED) is 0.572. The van der Waals surface area contributed by atoms with Crippen LogP contribution in [-0.2, 0) is 0 Å². The highest BCUT2D eigenvalue weighted by atomic mass is 127. The van der Waals surface area contributed by atoms with Crippen molar-refractivity contribution < 1.29 is 4.79 Å². The molecule has 1 amide bonds. The van der Waals surface area contributed by atoms with Crippen LogP contribution in [0, 0.1) is 3.57 Å². The maximum atomic E-state index is 12.7. The van der Waals surface area contributed by atoms with Crippen molar-refractivity contribution in [3.8, 4) is 0 Å². The number of carbonyl (C=O) groups excluding carboxylic acids is 1. The molecule has 0 unspecified atom stereocenters. The number of halogens is 1. The van der Waals surface area contributed by atoms with E-state index in [1.807, 2.05) is 53.4 Å². The lowest BCUT2D eigenvalue weighted by Crippen LogP contribution is -2.49. The molecule has 28 heavy (non-hydrogen) atoms. The highest BCUT2D eigenvalue weighted by Crippen LogP contribution is 2.18. The van der Waals surface area contributed by atoms with Crippen LogP contribution in [0.5, 0.6) is 0 Å². The first-order valence-electron chi connectivity index (χ1n) is 8.99. The van der Waals surface area contributed by atoms with E-state index < -0.39 is 0 Å². The number of hydrogen-bond donors (Lipinski definition) is 1. The van der Waals surface area contributed by atoms with Crippen molar-refractivity contribution in [1.82, 2.24) is 20.1 Å². The minimum atomic E-state index is 0.0844. The van der Waals surface area contributed by atoms with Gasteiger partial charge >= 0.3 is 0 Å². The second-order valence-electron chi connectivity index (χ2n) is 6.43. The van der Waals surface area contributed by atoms with Crippen LogP contribution in [0.1, 0.15) is 10.4 Å². The molecule has 3 heterocycles. The number of amides is 1. The Hall–Kier alpha value is -2.75. The lowest BCUT2D eigenvalue weighted by molar-refractivity contribution is 0.0746. The number of nitrogens with zero attached hydrogens (tertiary/aromatic N) is 5. The molecule has 1 aliphatic rings. The molecule has 4 rings (SSSR count). The molecule has 0 atom stereocenters. The normalized spacial score (nSPS) is 14.0. The third-order valence-corrected chi connectivity index (χ3v) is 5.24. The summed E-state index contributed by atoms with van der Waals surface area (Å²) in [5.74, 6) is 1.59. The number of carbonyl (C=O) groups is 1. The van der Waals surface area contributed by atoms with Gasteiger partial charge in [0.1, 0.15) is 0 Å². The summed E-state index contributed by atoms with van der Waals surface area (Å²) in [6.45, 7) is 2.81. The van der Waals surface area contributed by atoms with Crippen LogP contribution in [-0.4, -0.2) is 52.2 Å². The van der Waals surface area contributed by atoms with Gasteiger partial charge in [0, 0.05) is 53.4 Å². The van der Waals surface area contributed by atoms with Crippen molar-refractivity contribution in [2.75, 3.05) is 36.4 Å². The molecule has 0 spiro atoms. The first-order chi connectivity index (χ1) is 13.7. The van der Waals surface area contributed by atoms with Gasteiger partial charge < -0.3 is 15.1 Å². The summed E-state index contributed by atoms with van der Waals surface area (Å²) >= 11 is 2.23. The molecular weight excluding hydrogens is 467 g/mol. The Morgan fingerprint density at radius 2 is 1.75 bits per heavy atom. The molecule has 8 heteroatoms. The fourth-order valence-electron chi connectivity index (χ4n) is 3.09. The molecule has 2 aromatic heterocycles. The van der Waals surface area contributed by atoms with Gasteiger partial charge in [0.15, 0.2) is 11.6 Å². The van der Waals surface area contributed by atoms with E-state index in [9.17, 15) is 4.79 Å². The highest BCUT2D eigenvalue weighted by Gasteiger charge is 2.23. The molecule has 0 saturated carbocycles. The summed E-state index contributed by atoms with van der Waals surface area (Å²) < 4.78 is 1.07. The van der Waals surface area contributed by atoms with Crippen molar-refractivity contribution >= 4 is 45.8 Å². The van der Waals surface area contributed by atoms with Gasteiger partial charge in [0.05, 0.1) is 0 Å². The smallest absolute Gasteiger partial charge is 0.254 e. The van der Waals surface area contributed by atoms with E-state index in [4.69, 9.17) is 0 Å². The summed E-state index contributed by atoms with van der Waals surface area (Å²) in [7, 11) is 0. The number of anilines is 3. The van der Waals surface area contributed by atoms with E-state index in [-0.39, 0.29) is 5.91 Å². The molecule has 7 nitrogen and oxygen atoms in total. The Morgan fingerprint density at radius 1 is 0.964 bits per heavy atom. The van der Waals surface area contributed by atoms with Crippen LogP contribution in [0.4, 0.5) is 17.3 Å². The van der Waals surface area contributed by atoms with Gasteiger partial charge in [-0.15, -0.1) is 10.2 Å². The van der Waals surface area contributed by atoms with Gasteiger partial charge in [-0.1, -0.05) is 6.07 Å². The summed E-state index contributed by atoms with van der Waals surface area (Å²) in [5.41, 5.74) is 1.66. The number of aromatic nitrogens is 3. The van der Waals surface area contributed by atoms with Crippen molar-refractivity contribution in [1.29, 1.82) is 0 Å². The van der Waals surface area contributed by atoms with E-state index >= 15 is 0 Å². The third kappa shape index (κ3) is 4.38. The van der Waals surface area contributed by atoms with Crippen LogP contribution >= 0.6 is 22.6 Å². The predicted octanol–water partition coefficient (Wildman–Crippen LogP) is 3.18. The molecule has 3 aromatic rings. The van der Waals surface area contributed by atoms with Gasteiger partial charge in [0.25, 0.3) is 5.91 Å². The van der Waals surface area contributed by atoms with Gasteiger partial charge in [-0.3, -0.25) is 9.78 Å². The minimum Gasteiger partial charge on any atom is -0.352 e. The lowest BCUT2D eigenvalue weighted by atomic mass is 10.2. The Bertz CT molecular complexity index is 942. The zero-order chi connectivity index (χ0) is 19.3. The fraction of sp³-hybridized carbons (Fsp3) is 0.200.